The summed E-state index contributed by atoms with van der Waals surface area (Å²) in [5.41, 5.74) is 5.45. The fourth-order valence-electron chi connectivity index (χ4n) is 1.83. The van der Waals surface area contributed by atoms with Gasteiger partial charge in [0, 0.05) is 6.04 Å². The lowest BCUT2D eigenvalue weighted by Crippen LogP contribution is -2.45. The SMILES string of the molecule is CCC[C@@H](C)C[C@@H](CC(=O)O)NC(=O)[C@H](C)N. The molecule has 0 aliphatic carbocycles. The van der Waals surface area contributed by atoms with Gasteiger partial charge in [-0.1, -0.05) is 26.7 Å². The molecule has 0 unspecified atom stereocenters. The Hall–Kier alpha value is -1.10. The normalized spacial score (nSPS) is 16.0. The summed E-state index contributed by atoms with van der Waals surface area (Å²) in [5, 5.41) is 11.5. The standard InChI is InChI=1S/C12H24N2O3/c1-4-5-8(2)6-10(7-11(15)16)14-12(17)9(3)13/h8-10H,4-7,13H2,1-3H3,(H,14,17)(H,15,16)/t8-,9+,10+/m1/s1. The summed E-state index contributed by atoms with van der Waals surface area (Å²) >= 11 is 0. The van der Waals surface area contributed by atoms with Crippen LogP contribution in [0, 0.1) is 5.92 Å². The topological polar surface area (TPSA) is 92.4 Å². The molecule has 17 heavy (non-hydrogen) atoms. The molecule has 4 N–H and O–H groups in total. The monoisotopic (exact) mass is 244 g/mol. The van der Waals surface area contributed by atoms with E-state index in [1.54, 1.807) is 6.92 Å². The molecule has 3 atom stereocenters. The smallest absolute Gasteiger partial charge is 0.305 e. The largest absolute Gasteiger partial charge is 0.481 e. The zero-order valence-corrected chi connectivity index (χ0v) is 10.9. The van der Waals surface area contributed by atoms with Gasteiger partial charge in [0.15, 0.2) is 0 Å². The van der Waals surface area contributed by atoms with Crippen LogP contribution in [0.1, 0.15) is 46.5 Å². The van der Waals surface area contributed by atoms with Crippen LogP contribution in [0.4, 0.5) is 0 Å². The molecule has 0 bridgehead atoms. The zero-order valence-electron chi connectivity index (χ0n) is 10.9. The summed E-state index contributed by atoms with van der Waals surface area (Å²) in [6, 6.07) is -0.930. The Morgan fingerprint density at radius 1 is 1.35 bits per heavy atom. The van der Waals surface area contributed by atoms with Crippen LogP contribution in [-0.4, -0.2) is 29.1 Å². The number of hydrogen-bond acceptors (Lipinski definition) is 3. The molecule has 0 fully saturated rings. The molecule has 0 rings (SSSR count). The fraction of sp³-hybridized carbons (Fsp3) is 0.833. The van der Waals surface area contributed by atoms with Crippen LogP contribution >= 0.6 is 0 Å². The highest BCUT2D eigenvalue weighted by Gasteiger charge is 2.19. The van der Waals surface area contributed by atoms with Crippen molar-refractivity contribution in [3.63, 3.8) is 0 Å². The van der Waals surface area contributed by atoms with Gasteiger partial charge in [-0.2, -0.15) is 0 Å². The molecule has 5 nitrogen and oxygen atoms in total. The Balaban J connectivity index is 4.32. The molecule has 100 valence electrons. The van der Waals surface area contributed by atoms with Gasteiger partial charge in [-0.25, -0.2) is 0 Å². The maximum atomic E-state index is 11.4. The number of nitrogens with one attached hydrogen (secondary N) is 1. The van der Waals surface area contributed by atoms with E-state index in [2.05, 4.69) is 19.2 Å². The van der Waals surface area contributed by atoms with Crippen molar-refractivity contribution in [3.8, 4) is 0 Å². The van der Waals surface area contributed by atoms with Crippen LogP contribution in [0.15, 0.2) is 0 Å². The molecule has 0 aromatic carbocycles. The second-order valence-electron chi connectivity index (χ2n) is 4.72. The second-order valence-corrected chi connectivity index (χ2v) is 4.72. The van der Waals surface area contributed by atoms with Crippen molar-refractivity contribution in [2.45, 2.75) is 58.5 Å². The van der Waals surface area contributed by atoms with Gasteiger partial charge in [0.25, 0.3) is 0 Å². The molecule has 0 aliphatic heterocycles. The van der Waals surface area contributed by atoms with Gasteiger partial charge in [0.2, 0.25) is 5.91 Å². The Morgan fingerprint density at radius 2 is 1.94 bits per heavy atom. The summed E-state index contributed by atoms with van der Waals surface area (Å²) in [4.78, 5) is 22.2. The summed E-state index contributed by atoms with van der Waals surface area (Å²) in [5.74, 6) is -0.790. The Labute approximate surface area is 103 Å². The predicted molar refractivity (Wildman–Crippen MR) is 66.5 cm³/mol. The molecule has 0 radical (unpaired) electrons. The number of nitrogens with two attached hydrogens (primary N) is 1. The number of rotatable bonds is 8. The Morgan fingerprint density at radius 3 is 2.35 bits per heavy atom. The third-order valence-corrected chi connectivity index (χ3v) is 2.65. The van der Waals surface area contributed by atoms with E-state index in [0.717, 1.165) is 12.8 Å². The van der Waals surface area contributed by atoms with E-state index in [4.69, 9.17) is 10.8 Å². The van der Waals surface area contributed by atoms with Crippen LogP contribution in [0.2, 0.25) is 0 Å². The highest BCUT2D eigenvalue weighted by Crippen LogP contribution is 2.14. The van der Waals surface area contributed by atoms with E-state index >= 15 is 0 Å². The molecule has 0 heterocycles. The third kappa shape index (κ3) is 7.74. The summed E-state index contributed by atoms with van der Waals surface area (Å²) < 4.78 is 0. The fourth-order valence-corrected chi connectivity index (χ4v) is 1.83. The van der Waals surface area contributed by atoms with Crippen molar-refractivity contribution in [3.05, 3.63) is 0 Å². The van der Waals surface area contributed by atoms with Crippen LogP contribution in [0.25, 0.3) is 0 Å². The van der Waals surface area contributed by atoms with Gasteiger partial charge < -0.3 is 16.2 Å². The molecule has 5 heteroatoms. The first-order chi connectivity index (χ1) is 7.86. The minimum atomic E-state index is -0.899. The number of carbonyl (C=O) groups excluding carboxylic acids is 1. The first-order valence-corrected chi connectivity index (χ1v) is 6.14. The molecule has 0 aromatic heterocycles. The average molecular weight is 244 g/mol. The van der Waals surface area contributed by atoms with Crippen molar-refractivity contribution in [1.29, 1.82) is 0 Å². The molecule has 0 aromatic rings. The minimum absolute atomic E-state index is 0.0491. The summed E-state index contributed by atoms with van der Waals surface area (Å²) in [6.07, 6.45) is 2.72. The van der Waals surface area contributed by atoms with Crippen molar-refractivity contribution in [1.82, 2.24) is 5.32 Å². The van der Waals surface area contributed by atoms with Gasteiger partial charge in [-0.05, 0) is 19.3 Å². The van der Waals surface area contributed by atoms with Crippen molar-refractivity contribution in [2.24, 2.45) is 11.7 Å². The second kappa shape index (κ2) is 8.06. The van der Waals surface area contributed by atoms with Crippen molar-refractivity contribution >= 4 is 11.9 Å². The zero-order chi connectivity index (χ0) is 13.4. The van der Waals surface area contributed by atoms with Gasteiger partial charge in [0.1, 0.15) is 0 Å². The summed E-state index contributed by atoms with van der Waals surface area (Å²) in [7, 11) is 0. The molecular formula is C12H24N2O3. The molecule has 0 saturated carbocycles. The lowest BCUT2D eigenvalue weighted by Gasteiger charge is -2.21. The Kier molecular flexibility index (Phi) is 7.54. The minimum Gasteiger partial charge on any atom is -0.481 e. The van der Waals surface area contributed by atoms with Crippen LogP contribution in [-0.2, 0) is 9.59 Å². The molecular weight excluding hydrogens is 220 g/mol. The van der Waals surface area contributed by atoms with Crippen molar-refractivity contribution < 1.29 is 14.7 Å². The van der Waals surface area contributed by atoms with E-state index in [1.807, 2.05) is 0 Å². The van der Waals surface area contributed by atoms with E-state index in [0.29, 0.717) is 12.3 Å². The van der Waals surface area contributed by atoms with Crippen LogP contribution in [0.3, 0.4) is 0 Å². The van der Waals surface area contributed by atoms with Crippen LogP contribution in [0.5, 0.6) is 0 Å². The van der Waals surface area contributed by atoms with Gasteiger partial charge in [0.05, 0.1) is 12.5 Å². The van der Waals surface area contributed by atoms with Gasteiger partial charge in [-0.3, -0.25) is 9.59 Å². The first-order valence-electron chi connectivity index (χ1n) is 6.14. The Bertz CT molecular complexity index is 254. The number of carbonyl (C=O) groups is 2. The highest BCUT2D eigenvalue weighted by molar-refractivity contribution is 5.81. The number of hydrogen-bond donors (Lipinski definition) is 3. The van der Waals surface area contributed by atoms with Gasteiger partial charge >= 0.3 is 5.97 Å². The molecule has 0 saturated heterocycles. The lowest BCUT2D eigenvalue weighted by molar-refractivity contribution is -0.137. The maximum Gasteiger partial charge on any atom is 0.305 e. The number of carboxylic acid groups (broad SMARTS) is 1. The lowest BCUT2D eigenvalue weighted by atomic mass is 9.95. The number of aliphatic carboxylic acids is 1. The van der Waals surface area contributed by atoms with E-state index < -0.39 is 12.0 Å². The molecule has 1 amide bonds. The third-order valence-electron chi connectivity index (χ3n) is 2.65. The highest BCUT2D eigenvalue weighted by atomic mass is 16.4. The van der Waals surface area contributed by atoms with Gasteiger partial charge in [-0.15, -0.1) is 0 Å². The van der Waals surface area contributed by atoms with Crippen LogP contribution < -0.4 is 11.1 Å². The number of amides is 1. The molecule has 0 aliphatic rings. The summed E-state index contributed by atoms with van der Waals surface area (Å²) in [6.45, 7) is 5.74. The van der Waals surface area contributed by atoms with E-state index in [-0.39, 0.29) is 18.4 Å². The maximum absolute atomic E-state index is 11.4. The predicted octanol–water partition coefficient (Wildman–Crippen LogP) is 1.12. The first kappa shape index (κ1) is 15.9. The quantitative estimate of drug-likeness (QED) is 0.596. The van der Waals surface area contributed by atoms with E-state index in [1.165, 1.54) is 0 Å². The average Bonchev–Trinajstić information content (AvgIpc) is 2.16. The van der Waals surface area contributed by atoms with E-state index in [9.17, 15) is 9.59 Å². The van der Waals surface area contributed by atoms with Crippen molar-refractivity contribution in [2.75, 3.05) is 0 Å². The molecule has 0 spiro atoms. The number of carboxylic acids is 1.